The average Bonchev–Trinajstić information content (AvgIpc) is 0.745. The predicted molar refractivity (Wildman–Crippen MR) is 434 cm³/mol. The van der Waals surface area contributed by atoms with Crippen molar-refractivity contribution >= 4 is 34.1 Å². The summed E-state index contributed by atoms with van der Waals surface area (Å²) < 4.78 is 0. The second kappa shape index (κ2) is 27.7. The minimum atomic E-state index is -0.344. The Morgan fingerprint density at radius 2 is 0.410 bits per heavy atom. The molecule has 0 unspecified atom stereocenters. The minimum Gasteiger partial charge on any atom is -0.321 e. The first-order chi connectivity index (χ1) is 47.4. The summed E-state index contributed by atoms with van der Waals surface area (Å²) in [6.45, 7) is 38.7. The quantitative estimate of drug-likeness (QED) is 0.105. The molecule has 0 atom stereocenters. The van der Waals surface area contributed by atoms with Crippen molar-refractivity contribution in [2.75, 3.05) is 9.80 Å². The molecule has 0 saturated heterocycles. The molecule has 12 rings (SSSR count). The highest BCUT2D eigenvalue weighted by atomic mass is 15.1. The van der Waals surface area contributed by atoms with E-state index in [1.807, 2.05) is 0 Å². The van der Waals surface area contributed by atoms with Crippen LogP contribution in [-0.2, 0) is 32.6 Å². The molecule has 3 nitrogen and oxygen atoms in total. The molecule has 0 spiro atoms. The van der Waals surface area contributed by atoms with Crippen LogP contribution >= 0.6 is 0 Å². The van der Waals surface area contributed by atoms with E-state index in [9.17, 15) is 0 Å². The number of hydrogen-bond donors (Lipinski definition) is 1. The first-order valence-electron chi connectivity index (χ1n) is 36.2. The molecule has 0 fully saturated rings. The van der Waals surface area contributed by atoms with E-state index in [2.05, 4.69) is 407 Å². The van der Waals surface area contributed by atoms with Gasteiger partial charge in [-0.15, -0.1) is 0 Å². The number of anilines is 6. The molecule has 0 aliphatic heterocycles. The summed E-state index contributed by atoms with van der Waals surface area (Å²) in [5, 5.41) is 0. The third-order valence-corrected chi connectivity index (χ3v) is 20.7. The van der Waals surface area contributed by atoms with Crippen molar-refractivity contribution in [3.05, 3.63) is 312 Å². The molecule has 0 saturated carbocycles. The molecule has 0 amide bonds. The standard InChI is InChI=1S/C97H103N3/c1-18-97(98,19-2)82-52-32-71(33-53-82)66-20-22-76(23-21-66)88-64-90(96(15,16)17)91(100(86-58-38-74(39-59-86)69-28-48-80(49-29-69)94(9,10)11)87-60-40-75(41-61-87)70-30-50-81(51-31-70)95(12,13)14)65-89(88)77-42-62-85(63-43-77)99(83-54-34-72(35-55-83)67-24-44-78(45-25-67)92(3,4)5)84-56-36-73(37-57-84)68-26-46-79(47-27-68)93(6,7)8/h20-65H,18-19,98H2,1-17H3. The van der Waals surface area contributed by atoms with Crippen molar-refractivity contribution in [3.8, 4) is 77.9 Å². The van der Waals surface area contributed by atoms with Crippen LogP contribution in [0.3, 0.4) is 0 Å². The van der Waals surface area contributed by atoms with Crippen LogP contribution in [0.25, 0.3) is 77.9 Å². The monoisotopic (exact) mass is 1310 g/mol. The Morgan fingerprint density at radius 1 is 0.220 bits per heavy atom. The minimum absolute atomic E-state index is 0.0646. The van der Waals surface area contributed by atoms with Crippen LogP contribution in [0.15, 0.2) is 279 Å². The third-order valence-electron chi connectivity index (χ3n) is 20.7. The zero-order valence-corrected chi connectivity index (χ0v) is 62.4. The average molecular weight is 1310 g/mol. The summed E-state index contributed by atoms with van der Waals surface area (Å²) in [5.41, 5.74) is 37.2. The predicted octanol–water partition coefficient (Wildman–Crippen LogP) is 27.8. The van der Waals surface area contributed by atoms with E-state index in [4.69, 9.17) is 5.73 Å². The summed E-state index contributed by atoms with van der Waals surface area (Å²) in [4.78, 5) is 4.89. The molecule has 0 aliphatic carbocycles. The van der Waals surface area contributed by atoms with E-state index in [1.165, 1.54) is 89.0 Å². The van der Waals surface area contributed by atoms with Gasteiger partial charge in [0.05, 0.1) is 5.69 Å². The molecule has 3 heteroatoms. The van der Waals surface area contributed by atoms with Gasteiger partial charge in [0.2, 0.25) is 0 Å². The van der Waals surface area contributed by atoms with E-state index in [0.29, 0.717) is 0 Å². The molecule has 506 valence electrons. The van der Waals surface area contributed by atoms with Crippen LogP contribution in [0.1, 0.15) is 164 Å². The summed E-state index contributed by atoms with van der Waals surface area (Å²) >= 11 is 0. The van der Waals surface area contributed by atoms with E-state index in [-0.39, 0.29) is 32.6 Å². The Bertz CT molecular complexity index is 4530. The SMILES string of the molecule is CCC(N)(CC)c1ccc(-c2ccc(-c3cc(C(C)(C)C)c(N(c4ccc(-c5ccc(C(C)(C)C)cc5)cc4)c4ccc(-c5ccc(C(C)(C)C)cc5)cc4)cc3-c3ccc(N(c4ccc(-c5ccc(C(C)(C)C)cc5)cc4)c4ccc(-c5ccc(C(C)(C)C)cc5)cc4)cc3)cc2)cc1. The van der Waals surface area contributed by atoms with Gasteiger partial charge in [-0.1, -0.05) is 324 Å². The van der Waals surface area contributed by atoms with Gasteiger partial charge in [-0.2, -0.15) is 0 Å². The van der Waals surface area contributed by atoms with E-state index in [0.717, 1.165) is 69.2 Å². The van der Waals surface area contributed by atoms with Crippen molar-refractivity contribution in [1.82, 2.24) is 0 Å². The van der Waals surface area contributed by atoms with E-state index >= 15 is 0 Å². The Kier molecular flexibility index (Phi) is 19.4. The van der Waals surface area contributed by atoms with Crippen LogP contribution in [-0.4, -0.2) is 0 Å². The molecule has 2 N–H and O–H groups in total. The number of benzene rings is 12. The van der Waals surface area contributed by atoms with Crippen LogP contribution in [0.2, 0.25) is 0 Å². The van der Waals surface area contributed by atoms with Gasteiger partial charge < -0.3 is 15.5 Å². The molecule has 12 aromatic carbocycles. The lowest BCUT2D eigenvalue weighted by molar-refractivity contribution is 0.413. The van der Waals surface area contributed by atoms with Crippen LogP contribution < -0.4 is 15.5 Å². The smallest absolute Gasteiger partial charge is 0.0505 e. The van der Waals surface area contributed by atoms with Crippen molar-refractivity contribution in [1.29, 1.82) is 0 Å². The molecular formula is C97H103N3. The van der Waals surface area contributed by atoms with Crippen molar-refractivity contribution in [2.24, 2.45) is 5.73 Å². The number of hydrogen-bond acceptors (Lipinski definition) is 3. The van der Waals surface area contributed by atoms with Gasteiger partial charge >= 0.3 is 0 Å². The van der Waals surface area contributed by atoms with Gasteiger partial charge in [0.1, 0.15) is 0 Å². The Balaban J connectivity index is 1.01. The van der Waals surface area contributed by atoms with E-state index < -0.39 is 0 Å². The number of rotatable bonds is 16. The van der Waals surface area contributed by atoms with Crippen LogP contribution in [0.4, 0.5) is 34.1 Å². The lowest BCUT2D eigenvalue weighted by atomic mass is 9.80. The second-order valence-electron chi connectivity index (χ2n) is 32.9. The Hall–Kier alpha value is -9.80. The molecule has 0 radical (unpaired) electrons. The van der Waals surface area contributed by atoms with Gasteiger partial charge in [0.25, 0.3) is 0 Å². The molecule has 0 aliphatic rings. The largest absolute Gasteiger partial charge is 0.321 e. The fourth-order valence-electron chi connectivity index (χ4n) is 13.9. The van der Waals surface area contributed by atoms with Gasteiger partial charge in [-0.25, -0.2) is 0 Å². The van der Waals surface area contributed by atoms with Crippen molar-refractivity contribution in [3.63, 3.8) is 0 Å². The third kappa shape index (κ3) is 15.2. The number of nitrogens with two attached hydrogens (primary N) is 1. The Morgan fingerprint density at radius 3 is 0.640 bits per heavy atom. The van der Waals surface area contributed by atoms with Gasteiger partial charge in [0, 0.05) is 34.0 Å². The fraction of sp³-hybridized carbons (Fsp3) is 0.258. The first kappa shape index (κ1) is 70.1. The summed E-state index contributed by atoms with van der Waals surface area (Å²) in [6.07, 6.45) is 1.77. The maximum absolute atomic E-state index is 6.92. The normalized spacial score (nSPS) is 12.4. The molecule has 0 bridgehead atoms. The van der Waals surface area contributed by atoms with Gasteiger partial charge in [-0.3, -0.25) is 0 Å². The molecule has 12 aromatic rings. The summed E-state index contributed by atoms with van der Waals surface area (Å²) in [5.74, 6) is 0. The Labute approximate surface area is 599 Å². The highest BCUT2D eigenvalue weighted by Gasteiger charge is 2.29. The zero-order valence-electron chi connectivity index (χ0n) is 62.4. The lowest BCUT2D eigenvalue weighted by Gasteiger charge is -2.34. The summed E-state index contributed by atoms with van der Waals surface area (Å²) in [7, 11) is 0. The molecule has 0 heterocycles. The second-order valence-corrected chi connectivity index (χ2v) is 32.9. The lowest BCUT2D eigenvalue weighted by Crippen LogP contribution is -2.34. The molecule has 0 aromatic heterocycles. The molecular weight excluding hydrogens is 1210 g/mol. The van der Waals surface area contributed by atoms with Gasteiger partial charge in [0.15, 0.2) is 0 Å². The van der Waals surface area contributed by atoms with Crippen LogP contribution in [0, 0.1) is 0 Å². The van der Waals surface area contributed by atoms with Crippen LogP contribution in [0.5, 0.6) is 0 Å². The number of nitrogens with zero attached hydrogens (tertiary/aromatic N) is 2. The zero-order chi connectivity index (χ0) is 71.1. The first-order valence-corrected chi connectivity index (χ1v) is 36.2. The topological polar surface area (TPSA) is 32.5 Å². The maximum atomic E-state index is 6.92. The highest BCUT2D eigenvalue weighted by Crippen LogP contribution is 2.49. The summed E-state index contributed by atoms with van der Waals surface area (Å²) in [6, 6.07) is 105. The van der Waals surface area contributed by atoms with Crippen molar-refractivity contribution < 1.29 is 0 Å². The van der Waals surface area contributed by atoms with Crippen molar-refractivity contribution in [2.45, 2.75) is 163 Å². The maximum Gasteiger partial charge on any atom is 0.0505 e. The van der Waals surface area contributed by atoms with Gasteiger partial charge in [-0.05, 0) is 224 Å². The van der Waals surface area contributed by atoms with E-state index in [1.54, 1.807) is 0 Å². The highest BCUT2D eigenvalue weighted by molar-refractivity contribution is 5.93. The molecule has 100 heavy (non-hydrogen) atoms. The fourth-order valence-corrected chi connectivity index (χ4v) is 13.9.